The second kappa shape index (κ2) is 6.34. The molecule has 0 aliphatic rings. The van der Waals surface area contributed by atoms with E-state index in [1.807, 2.05) is 13.8 Å². The van der Waals surface area contributed by atoms with Crippen LogP contribution in [0.4, 0.5) is 5.82 Å². The second-order valence-corrected chi connectivity index (χ2v) is 4.44. The third-order valence-electron chi connectivity index (χ3n) is 2.46. The Balaban J connectivity index is 2.73. The zero-order valence-electron chi connectivity index (χ0n) is 10.9. The molecule has 18 heavy (non-hydrogen) atoms. The lowest BCUT2D eigenvalue weighted by atomic mass is 10.2. The molecule has 1 rings (SSSR count). The summed E-state index contributed by atoms with van der Waals surface area (Å²) in [5.41, 5.74) is 7.09. The van der Waals surface area contributed by atoms with Crippen molar-refractivity contribution < 1.29 is 4.79 Å². The average molecular weight is 269 g/mol. The zero-order valence-corrected chi connectivity index (χ0v) is 11.7. The van der Waals surface area contributed by atoms with Gasteiger partial charge in [-0.2, -0.15) is 5.10 Å². The van der Waals surface area contributed by atoms with Crippen LogP contribution in [0.25, 0.3) is 0 Å². The number of carbonyl (C=O) groups excluding carboxylic acids is 1. The van der Waals surface area contributed by atoms with Gasteiger partial charge in [0.1, 0.15) is 10.8 Å². The van der Waals surface area contributed by atoms with E-state index in [0.717, 1.165) is 12.1 Å². The number of carbonyl (C=O) groups is 1. The van der Waals surface area contributed by atoms with Crippen molar-refractivity contribution in [3.05, 3.63) is 11.3 Å². The van der Waals surface area contributed by atoms with Crippen molar-refractivity contribution in [1.29, 1.82) is 0 Å². The first kappa shape index (κ1) is 14.4. The van der Waals surface area contributed by atoms with Crippen molar-refractivity contribution in [2.24, 2.45) is 12.8 Å². The Labute approximate surface area is 112 Å². The van der Waals surface area contributed by atoms with Crippen molar-refractivity contribution >= 4 is 28.9 Å². The molecule has 4 N–H and O–H groups in total. The van der Waals surface area contributed by atoms with Crippen molar-refractivity contribution in [2.75, 3.05) is 18.4 Å². The largest absolute Gasteiger partial charge is 0.389 e. The van der Waals surface area contributed by atoms with E-state index in [4.69, 9.17) is 18.0 Å². The van der Waals surface area contributed by atoms with Gasteiger partial charge in [-0.25, -0.2) is 0 Å². The van der Waals surface area contributed by atoms with Gasteiger partial charge >= 0.3 is 0 Å². The van der Waals surface area contributed by atoms with Crippen LogP contribution in [0.2, 0.25) is 0 Å². The first-order valence-corrected chi connectivity index (χ1v) is 6.22. The molecular weight excluding hydrogens is 250 g/mol. The Morgan fingerprint density at radius 1 is 1.56 bits per heavy atom. The number of anilines is 1. The van der Waals surface area contributed by atoms with Crippen molar-refractivity contribution in [3.8, 4) is 0 Å². The fourth-order valence-electron chi connectivity index (χ4n) is 1.65. The van der Waals surface area contributed by atoms with Gasteiger partial charge in [0.2, 0.25) is 5.91 Å². The van der Waals surface area contributed by atoms with E-state index >= 15 is 0 Å². The molecule has 1 heterocycles. The van der Waals surface area contributed by atoms with E-state index in [9.17, 15) is 4.79 Å². The normalized spacial score (nSPS) is 10.2. The summed E-state index contributed by atoms with van der Waals surface area (Å²) in [6.45, 7) is 4.68. The number of nitrogens with zero attached hydrogens (tertiary/aromatic N) is 2. The number of aryl methyl sites for hydroxylation is 2. The maximum atomic E-state index is 11.5. The molecule has 0 saturated carbocycles. The number of hydrogen-bond donors (Lipinski definition) is 3. The van der Waals surface area contributed by atoms with Gasteiger partial charge in [-0.1, -0.05) is 19.1 Å². The molecule has 6 nitrogen and oxygen atoms in total. The van der Waals surface area contributed by atoms with Crippen LogP contribution in [0.3, 0.4) is 0 Å². The minimum absolute atomic E-state index is 0.0652. The molecule has 0 unspecified atom stereocenters. The zero-order chi connectivity index (χ0) is 13.7. The minimum Gasteiger partial charge on any atom is -0.389 e. The number of nitrogens with two attached hydrogens (primary N) is 1. The van der Waals surface area contributed by atoms with Crippen molar-refractivity contribution in [3.63, 3.8) is 0 Å². The third-order valence-corrected chi connectivity index (χ3v) is 2.66. The number of amides is 1. The summed E-state index contributed by atoms with van der Waals surface area (Å²) < 4.78 is 1.64. The summed E-state index contributed by atoms with van der Waals surface area (Å²) in [6.07, 6.45) is 0.911. The highest BCUT2D eigenvalue weighted by molar-refractivity contribution is 7.80. The standard InChI is InChI=1S/C11H19N5OS/c1-4-5-13-8(17)6-14-11-9(10(12)18)7(2)15-16(11)3/h14H,4-6H2,1-3H3,(H2,12,18)(H,13,17). The van der Waals surface area contributed by atoms with Gasteiger partial charge < -0.3 is 16.4 Å². The topological polar surface area (TPSA) is 85.0 Å². The number of nitrogens with one attached hydrogen (secondary N) is 2. The molecule has 1 amide bonds. The van der Waals surface area contributed by atoms with Gasteiger partial charge in [-0.05, 0) is 13.3 Å². The Bertz CT molecular complexity index is 455. The van der Waals surface area contributed by atoms with E-state index in [1.54, 1.807) is 11.7 Å². The van der Waals surface area contributed by atoms with E-state index in [1.165, 1.54) is 0 Å². The van der Waals surface area contributed by atoms with Crippen LogP contribution in [0.1, 0.15) is 24.6 Å². The molecule has 0 aliphatic heterocycles. The Hall–Kier alpha value is -1.63. The molecular formula is C11H19N5OS. The molecule has 1 aromatic rings. The highest BCUT2D eigenvalue weighted by Gasteiger charge is 2.15. The number of hydrogen-bond acceptors (Lipinski definition) is 4. The first-order valence-electron chi connectivity index (χ1n) is 5.81. The summed E-state index contributed by atoms with van der Waals surface area (Å²) in [4.78, 5) is 11.8. The fourth-order valence-corrected chi connectivity index (χ4v) is 1.89. The van der Waals surface area contributed by atoms with Crippen molar-refractivity contribution in [1.82, 2.24) is 15.1 Å². The quantitative estimate of drug-likeness (QED) is 0.647. The lowest BCUT2D eigenvalue weighted by Crippen LogP contribution is -2.31. The lowest BCUT2D eigenvalue weighted by Gasteiger charge is -2.09. The second-order valence-electron chi connectivity index (χ2n) is 4.00. The third kappa shape index (κ3) is 3.43. The summed E-state index contributed by atoms with van der Waals surface area (Å²) >= 11 is 4.98. The maximum absolute atomic E-state index is 11.5. The van der Waals surface area contributed by atoms with Crippen LogP contribution in [-0.2, 0) is 11.8 Å². The highest BCUT2D eigenvalue weighted by Crippen LogP contribution is 2.17. The van der Waals surface area contributed by atoms with Gasteiger partial charge in [0.25, 0.3) is 0 Å². The molecule has 0 saturated heterocycles. The van der Waals surface area contributed by atoms with E-state index < -0.39 is 0 Å². The minimum atomic E-state index is -0.0652. The number of rotatable bonds is 6. The van der Waals surface area contributed by atoms with Crippen LogP contribution in [0, 0.1) is 6.92 Å². The summed E-state index contributed by atoms with van der Waals surface area (Å²) in [5, 5.41) is 10.0. The Kier molecular flexibility index (Phi) is 5.08. The van der Waals surface area contributed by atoms with E-state index in [-0.39, 0.29) is 17.4 Å². The van der Waals surface area contributed by atoms with Crippen LogP contribution in [0.5, 0.6) is 0 Å². The van der Waals surface area contributed by atoms with Crippen LogP contribution in [0.15, 0.2) is 0 Å². The molecule has 1 aromatic heterocycles. The van der Waals surface area contributed by atoms with Gasteiger partial charge in [0.05, 0.1) is 17.8 Å². The maximum Gasteiger partial charge on any atom is 0.239 e. The molecule has 0 fully saturated rings. The molecule has 0 atom stereocenters. The Morgan fingerprint density at radius 3 is 2.78 bits per heavy atom. The molecule has 100 valence electrons. The van der Waals surface area contributed by atoms with Crippen LogP contribution >= 0.6 is 12.2 Å². The first-order chi connectivity index (χ1) is 8.47. The van der Waals surface area contributed by atoms with E-state index in [0.29, 0.717) is 17.9 Å². The van der Waals surface area contributed by atoms with Crippen LogP contribution in [-0.4, -0.2) is 33.8 Å². The highest BCUT2D eigenvalue weighted by atomic mass is 32.1. The number of aromatic nitrogens is 2. The predicted octanol–water partition coefficient (Wildman–Crippen LogP) is 0.301. The summed E-state index contributed by atoms with van der Waals surface area (Å²) in [7, 11) is 1.78. The molecule has 0 radical (unpaired) electrons. The summed E-state index contributed by atoms with van der Waals surface area (Å²) in [6, 6.07) is 0. The predicted molar refractivity (Wildman–Crippen MR) is 75.6 cm³/mol. The summed E-state index contributed by atoms with van der Waals surface area (Å²) in [5.74, 6) is 0.608. The smallest absolute Gasteiger partial charge is 0.239 e. The van der Waals surface area contributed by atoms with E-state index in [2.05, 4.69) is 15.7 Å². The SMILES string of the molecule is CCCNC(=O)CNc1c(C(N)=S)c(C)nn1C. The monoisotopic (exact) mass is 269 g/mol. The molecule has 0 aromatic carbocycles. The fraction of sp³-hybridized carbons (Fsp3) is 0.545. The molecule has 0 spiro atoms. The number of thiocarbonyl (C=S) groups is 1. The molecule has 0 bridgehead atoms. The van der Waals surface area contributed by atoms with Gasteiger partial charge in [-0.3, -0.25) is 9.48 Å². The average Bonchev–Trinajstić information content (AvgIpc) is 2.58. The molecule has 7 heteroatoms. The Morgan fingerprint density at radius 2 is 2.22 bits per heavy atom. The lowest BCUT2D eigenvalue weighted by molar-refractivity contribution is -0.119. The van der Waals surface area contributed by atoms with Gasteiger partial charge in [-0.15, -0.1) is 0 Å². The van der Waals surface area contributed by atoms with Crippen LogP contribution < -0.4 is 16.4 Å². The van der Waals surface area contributed by atoms with Crippen molar-refractivity contribution in [2.45, 2.75) is 20.3 Å². The van der Waals surface area contributed by atoms with Gasteiger partial charge in [0, 0.05) is 13.6 Å². The molecule has 0 aliphatic carbocycles. The van der Waals surface area contributed by atoms with Gasteiger partial charge in [0.15, 0.2) is 0 Å².